The van der Waals surface area contributed by atoms with Crippen molar-refractivity contribution in [2.75, 3.05) is 18.2 Å². The third kappa shape index (κ3) is 4.50. The first-order valence-electron chi connectivity index (χ1n) is 10.5. The average molecular weight is 451 g/mol. The summed E-state index contributed by atoms with van der Waals surface area (Å²) >= 11 is 1.59. The predicted molar refractivity (Wildman–Crippen MR) is 125 cm³/mol. The van der Waals surface area contributed by atoms with Crippen LogP contribution in [0.15, 0.2) is 71.0 Å². The molecule has 0 bridgehead atoms. The lowest BCUT2D eigenvalue weighted by molar-refractivity contribution is -0.140. The van der Waals surface area contributed by atoms with Crippen molar-refractivity contribution >= 4 is 23.7 Å². The van der Waals surface area contributed by atoms with E-state index < -0.39 is 12.0 Å². The summed E-state index contributed by atoms with van der Waals surface area (Å²) in [5.41, 5.74) is 2.91. The molecule has 4 rings (SSSR count). The second kappa shape index (κ2) is 9.91. The number of aromatic nitrogens is 3. The maximum absolute atomic E-state index is 13.3. The molecule has 1 aliphatic heterocycles. The second-order valence-electron chi connectivity index (χ2n) is 7.38. The fraction of sp³-hybridized carbons (Fsp3) is 0.292. The number of allylic oxidation sites excluding steroid dienone is 1. The number of hydrogen-bond acceptors (Lipinski definition) is 7. The topological polar surface area (TPSA) is 78.3 Å². The maximum Gasteiger partial charge on any atom is 0.338 e. The molecule has 1 atom stereocenters. The van der Waals surface area contributed by atoms with Crippen molar-refractivity contribution in [3.63, 3.8) is 0 Å². The van der Waals surface area contributed by atoms with Crippen LogP contribution in [0.5, 0.6) is 5.75 Å². The monoisotopic (exact) mass is 450 g/mol. The van der Waals surface area contributed by atoms with Gasteiger partial charge in [0.1, 0.15) is 18.4 Å². The molecule has 166 valence electrons. The van der Waals surface area contributed by atoms with Gasteiger partial charge < -0.3 is 14.8 Å². The molecule has 2 aromatic carbocycles. The van der Waals surface area contributed by atoms with E-state index in [-0.39, 0.29) is 6.61 Å². The lowest BCUT2D eigenvalue weighted by Crippen LogP contribution is -2.30. The van der Waals surface area contributed by atoms with Gasteiger partial charge in [-0.3, -0.25) is 0 Å². The zero-order valence-corrected chi connectivity index (χ0v) is 19.2. The fourth-order valence-corrected chi connectivity index (χ4v) is 4.31. The van der Waals surface area contributed by atoms with Crippen LogP contribution in [-0.4, -0.2) is 33.6 Å². The highest BCUT2D eigenvalue weighted by molar-refractivity contribution is 7.99. The van der Waals surface area contributed by atoms with E-state index in [2.05, 4.69) is 17.2 Å². The summed E-state index contributed by atoms with van der Waals surface area (Å²) in [7, 11) is 1.62. The number of nitrogens with zero attached hydrogens (tertiary/aromatic N) is 3. The number of hydrogen-bond donors (Lipinski definition) is 1. The molecule has 2 heterocycles. The first-order valence-corrected chi connectivity index (χ1v) is 11.5. The number of carbonyl (C=O) groups is 1. The highest BCUT2D eigenvalue weighted by Gasteiger charge is 2.36. The normalized spacial score (nSPS) is 15.2. The van der Waals surface area contributed by atoms with Gasteiger partial charge in [0.2, 0.25) is 11.1 Å². The number of fused-ring (bicyclic) bond motifs is 1. The van der Waals surface area contributed by atoms with Gasteiger partial charge in [-0.2, -0.15) is 4.98 Å². The molecule has 1 aromatic heterocycles. The van der Waals surface area contributed by atoms with Gasteiger partial charge in [0.05, 0.1) is 12.7 Å². The van der Waals surface area contributed by atoms with Gasteiger partial charge in [0.25, 0.3) is 0 Å². The number of rotatable bonds is 8. The van der Waals surface area contributed by atoms with E-state index >= 15 is 0 Å². The van der Waals surface area contributed by atoms with Gasteiger partial charge in [0, 0.05) is 17.0 Å². The van der Waals surface area contributed by atoms with Crippen LogP contribution in [0.3, 0.4) is 0 Å². The van der Waals surface area contributed by atoms with Gasteiger partial charge in [-0.25, -0.2) is 9.48 Å². The molecule has 0 radical (unpaired) electrons. The Bertz CT molecular complexity index is 1130. The van der Waals surface area contributed by atoms with Crippen LogP contribution in [0.25, 0.3) is 0 Å². The third-order valence-electron chi connectivity index (χ3n) is 5.13. The smallest absolute Gasteiger partial charge is 0.338 e. The molecule has 0 spiro atoms. The number of ether oxygens (including phenoxy) is 2. The third-order valence-corrected chi connectivity index (χ3v) is 6.18. The zero-order chi connectivity index (χ0) is 22.5. The van der Waals surface area contributed by atoms with E-state index in [1.165, 1.54) is 0 Å². The summed E-state index contributed by atoms with van der Waals surface area (Å²) in [5.74, 6) is 1.78. The van der Waals surface area contributed by atoms with E-state index in [4.69, 9.17) is 14.6 Å². The predicted octanol–water partition coefficient (Wildman–Crippen LogP) is 4.82. The molecule has 1 N–H and O–H groups in total. The van der Waals surface area contributed by atoms with Crippen molar-refractivity contribution in [1.29, 1.82) is 0 Å². The molecule has 7 nitrogen and oxygen atoms in total. The van der Waals surface area contributed by atoms with Crippen molar-refractivity contribution in [2.45, 2.75) is 38.1 Å². The van der Waals surface area contributed by atoms with Gasteiger partial charge in [-0.05, 0) is 25.0 Å². The summed E-state index contributed by atoms with van der Waals surface area (Å²) in [4.78, 5) is 18.0. The van der Waals surface area contributed by atoms with Crippen molar-refractivity contribution in [1.82, 2.24) is 14.8 Å². The number of thioether (sulfide) groups is 1. The molecule has 0 saturated heterocycles. The average Bonchev–Trinajstić information content (AvgIpc) is 3.23. The first-order chi connectivity index (χ1) is 15.6. The van der Waals surface area contributed by atoms with E-state index in [0.29, 0.717) is 28.1 Å². The van der Waals surface area contributed by atoms with Crippen molar-refractivity contribution in [3.05, 3.63) is 77.0 Å². The first kappa shape index (κ1) is 22.0. The van der Waals surface area contributed by atoms with Crippen LogP contribution in [-0.2, 0) is 16.1 Å². The van der Waals surface area contributed by atoms with Gasteiger partial charge in [-0.15, -0.1) is 5.10 Å². The Morgan fingerprint density at radius 1 is 1.16 bits per heavy atom. The largest absolute Gasteiger partial charge is 0.496 e. The van der Waals surface area contributed by atoms with Crippen LogP contribution >= 0.6 is 11.8 Å². The van der Waals surface area contributed by atoms with E-state index in [1.54, 1.807) is 23.6 Å². The number of benzene rings is 2. The second-order valence-corrected chi connectivity index (χ2v) is 8.44. The minimum Gasteiger partial charge on any atom is -0.496 e. The molecular formula is C24H26N4O3S. The molecule has 1 unspecified atom stereocenters. The van der Waals surface area contributed by atoms with Crippen LogP contribution in [0.4, 0.5) is 5.95 Å². The molecule has 0 fully saturated rings. The van der Waals surface area contributed by atoms with E-state index in [1.807, 2.05) is 61.5 Å². The van der Waals surface area contributed by atoms with Crippen LogP contribution in [0, 0.1) is 0 Å². The standard InChI is InChI=1S/C24H26N4O3S/c1-4-14-32-24-26-23-25-16(2)20(22(29)31-15-17-10-6-5-7-11-17)21(28(23)27-24)18-12-8-9-13-19(18)30-3/h5-13,21H,4,14-15H2,1-3H3,(H,25,26,27). The number of anilines is 1. The fourth-order valence-electron chi connectivity index (χ4n) is 3.63. The lowest BCUT2D eigenvalue weighted by Gasteiger charge is -2.29. The molecule has 0 amide bonds. The number of para-hydroxylation sites is 1. The summed E-state index contributed by atoms with van der Waals surface area (Å²) < 4.78 is 13.1. The summed E-state index contributed by atoms with van der Waals surface area (Å²) in [5, 5.41) is 8.62. The van der Waals surface area contributed by atoms with Crippen LogP contribution in [0.2, 0.25) is 0 Å². The molecule has 1 aliphatic rings. The van der Waals surface area contributed by atoms with Crippen molar-refractivity contribution in [2.24, 2.45) is 0 Å². The lowest BCUT2D eigenvalue weighted by atomic mass is 9.95. The summed E-state index contributed by atoms with van der Waals surface area (Å²) in [6.07, 6.45) is 1.02. The van der Waals surface area contributed by atoms with Crippen LogP contribution < -0.4 is 10.1 Å². The number of esters is 1. The van der Waals surface area contributed by atoms with Gasteiger partial charge in [-0.1, -0.05) is 67.2 Å². The van der Waals surface area contributed by atoms with Crippen LogP contribution in [0.1, 0.15) is 37.4 Å². The highest BCUT2D eigenvalue weighted by Crippen LogP contribution is 2.40. The molecule has 8 heteroatoms. The molecule has 3 aromatic rings. The summed E-state index contributed by atoms with van der Waals surface area (Å²) in [6.45, 7) is 4.17. The Morgan fingerprint density at radius 3 is 2.66 bits per heavy atom. The summed E-state index contributed by atoms with van der Waals surface area (Å²) in [6, 6.07) is 16.8. The van der Waals surface area contributed by atoms with E-state index in [0.717, 1.165) is 23.3 Å². The molecular weight excluding hydrogens is 424 g/mol. The molecule has 0 saturated carbocycles. The number of nitrogens with one attached hydrogen (secondary N) is 1. The van der Waals surface area contributed by atoms with Gasteiger partial charge in [0.15, 0.2) is 0 Å². The van der Waals surface area contributed by atoms with Crippen molar-refractivity contribution < 1.29 is 14.3 Å². The number of methoxy groups -OCH3 is 1. The molecule has 0 aliphatic carbocycles. The van der Waals surface area contributed by atoms with Crippen molar-refractivity contribution in [3.8, 4) is 5.75 Å². The zero-order valence-electron chi connectivity index (χ0n) is 18.4. The molecule has 32 heavy (non-hydrogen) atoms. The SMILES string of the molecule is CCCSc1nc2n(n1)C(c1ccccc1OC)C(C(=O)OCc1ccccc1)=C(C)N2. The van der Waals surface area contributed by atoms with Gasteiger partial charge >= 0.3 is 5.97 Å². The minimum absolute atomic E-state index is 0.191. The minimum atomic E-state index is -0.519. The number of carbonyl (C=O) groups excluding carboxylic acids is 1. The highest BCUT2D eigenvalue weighted by atomic mass is 32.2. The Kier molecular flexibility index (Phi) is 6.80. The Hall–Kier alpha value is -3.26. The maximum atomic E-state index is 13.3. The Balaban J connectivity index is 1.73. The Labute approximate surface area is 191 Å². The Morgan fingerprint density at radius 2 is 1.91 bits per heavy atom. The van der Waals surface area contributed by atoms with E-state index in [9.17, 15) is 4.79 Å². The quantitative estimate of drug-likeness (QED) is 0.389.